The third kappa shape index (κ3) is 4.31. The van der Waals surface area contributed by atoms with Crippen LogP contribution in [0.5, 0.6) is 0 Å². The predicted molar refractivity (Wildman–Crippen MR) is 129 cm³/mol. The van der Waals surface area contributed by atoms with E-state index in [0.717, 1.165) is 12.3 Å². The van der Waals surface area contributed by atoms with Crippen molar-refractivity contribution < 1.29 is 4.57 Å². The second-order valence-electron chi connectivity index (χ2n) is 10.8. The highest BCUT2D eigenvalue weighted by atomic mass is 14.9. The van der Waals surface area contributed by atoms with E-state index in [0.29, 0.717) is 5.41 Å². The Morgan fingerprint density at radius 2 is 1.67 bits per heavy atom. The molecule has 1 heterocycles. The van der Waals surface area contributed by atoms with Crippen LogP contribution in [0.2, 0.25) is 0 Å². The lowest BCUT2D eigenvalue weighted by molar-refractivity contribution is -0.659. The number of hydrogen-bond donors (Lipinski definition) is 0. The first-order chi connectivity index (χ1) is 14.2. The van der Waals surface area contributed by atoms with Crippen LogP contribution in [0.4, 0.5) is 0 Å². The van der Waals surface area contributed by atoms with Crippen molar-refractivity contribution in [2.24, 2.45) is 12.5 Å². The summed E-state index contributed by atoms with van der Waals surface area (Å²) in [7, 11) is 2.19. The van der Waals surface area contributed by atoms with E-state index in [1.54, 1.807) is 5.56 Å². The van der Waals surface area contributed by atoms with Gasteiger partial charge >= 0.3 is 0 Å². The summed E-state index contributed by atoms with van der Waals surface area (Å²) < 4.78 is 2.32. The number of benzene rings is 2. The van der Waals surface area contributed by atoms with Gasteiger partial charge in [-0.3, -0.25) is 0 Å². The third-order valence-electron chi connectivity index (χ3n) is 6.96. The van der Waals surface area contributed by atoms with Gasteiger partial charge in [0.2, 0.25) is 5.69 Å². The Hall–Kier alpha value is -2.15. The number of aryl methyl sites for hydroxylation is 2. The van der Waals surface area contributed by atoms with Gasteiger partial charge in [-0.15, -0.1) is 0 Å². The first kappa shape index (κ1) is 21.1. The van der Waals surface area contributed by atoms with Gasteiger partial charge in [0.1, 0.15) is 7.05 Å². The zero-order valence-electron chi connectivity index (χ0n) is 19.8. The Labute approximate surface area is 183 Å². The molecule has 0 radical (unpaired) electrons. The second kappa shape index (κ2) is 8.17. The quantitative estimate of drug-likeness (QED) is 0.399. The molecule has 0 atom stereocenters. The molecule has 0 amide bonds. The summed E-state index contributed by atoms with van der Waals surface area (Å²) in [5, 5.41) is 2.71. The minimum atomic E-state index is 0.304. The number of fused-ring (bicyclic) bond motifs is 1. The zero-order chi connectivity index (χ0) is 21.5. The molecule has 1 heteroatoms. The molecule has 158 valence electrons. The van der Waals surface area contributed by atoms with Crippen molar-refractivity contribution in [3.05, 3.63) is 64.8 Å². The van der Waals surface area contributed by atoms with Gasteiger partial charge in [-0.05, 0) is 84.2 Å². The first-order valence-electron chi connectivity index (χ1n) is 11.8. The summed E-state index contributed by atoms with van der Waals surface area (Å²) in [6.45, 7) is 11.5. The Morgan fingerprint density at radius 3 is 2.37 bits per heavy atom. The Morgan fingerprint density at radius 1 is 0.933 bits per heavy atom. The summed E-state index contributed by atoms with van der Waals surface area (Å²) in [5.41, 5.74) is 8.89. The molecule has 1 aliphatic rings. The molecule has 0 N–H and O–H groups in total. The Balaban J connectivity index is 1.86. The molecule has 3 aromatic rings. The van der Waals surface area contributed by atoms with Crippen molar-refractivity contribution >= 4 is 10.8 Å². The van der Waals surface area contributed by atoms with Crippen LogP contribution in [0.1, 0.15) is 81.0 Å². The molecule has 0 bridgehead atoms. The van der Waals surface area contributed by atoms with E-state index in [2.05, 4.69) is 88.8 Å². The number of pyridine rings is 1. The summed E-state index contributed by atoms with van der Waals surface area (Å²) in [6, 6.07) is 14.3. The highest BCUT2D eigenvalue weighted by molar-refractivity contribution is 5.94. The van der Waals surface area contributed by atoms with E-state index in [9.17, 15) is 0 Å². The van der Waals surface area contributed by atoms with Gasteiger partial charge in [-0.2, -0.15) is 0 Å². The molecular weight excluding hydrogens is 362 g/mol. The molecular formula is C29H38N+. The monoisotopic (exact) mass is 400 g/mol. The van der Waals surface area contributed by atoms with Gasteiger partial charge in [0.05, 0.1) is 10.9 Å². The summed E-state index contributed by atoms with van der Waals surface area (Å²) in [4.78, 5) is 0. The molecule has 0 unspecified atom stereocenters. The standard InChI is InChI=1S/C29H38N/c1-20-16-25(23-10-8-7-9-11-23)18-27(21(20)2)28-26-13-12-22(19-29(3,4)5)17-24(26)14-15-30(28)6/h12-18,23H,7-11,19H2,1-6H3/q+1. The zero-order valence-corrected chi connectivity index (χ0v) is 19.8. The predicted octanol–water partition coefficient (Wildman–Crippen LogP) is 7.58. The molecule has 0 aliphatic heterocycles. The van der Waals surface area contributed by atoms with E-state index in [-0.39, 0.29) is 0 Å². The largest absolute Gasteiger partial charge is 0.220 e. The fourth-order valence-electron chi connectivity index (χ4n) is 5.28. The average molecular weight is 401 g/mol. The SMILES string of the molecule is Cc1cc(C2CCCCC2)cc(-c2c3ccc(CC(C)(C)C)cc3cc[n+]2C)c1C. The molecule has 30 heavy (non-hydrogen) atoms. The van der Waals surface area contributed by atoms with Crippen molar-refractivity contribution in [1.29, 1.82) is 0 Å². The van der Waals surface area contributed by atoms with Gasteiger partial charge in [0.15, 0.2) is 6.20 Å². The van der Waals surface area contributed by atoms with Gasteiger partial charge in [-0.25, -0.2) is 4.57 Å². The molecule has 0 saturated heterocycles. The molecule has 0 spiro atoms. The van der Waals surface area contributed by atoms with Crippen molar-refractivity contribution in [1.82, 2.24) is 0 Å². The van der Waals surface area contributed by atoms with E-state index in [1.165, 1.54) is 70.8 Å². The third-order valence-corrected chi connectivity index (χ3v) is 6.96. The highest BCUT2D eigenvalue weighted by Gasteiger charge is 2.23. The van der Waals surface area contributed by atoms with Crippen LogP contribution in [0.15, 0.2) is 42.6 Å². The summed E-state index contributed by atoms with van der Waals surface area (Å²) in [5.74, 6) is 0.732. The molecule has 1 saturated carbocycles. The van der Waals surface area contributed by atoms with E-state index < -0.39 is 0 Å². The van der Waals surface area contributed by atoms with Crippen molar-refractivity contribution in [3.8, 4) is 11.3 Å². The van der Waals surface area contributed by atoms with Gasteiger partial charge in [0.25, 0.3) is 0 Å². The van der Waals surface area contributed by atoms with Crippen molar-refractivity contribution in [2.75, 3.05) is 0 Å². The van der Waals surface area contributed by atoms with Gasteiger partial charge in [-0.1, -0.05) is 58.2 Å². The average Bonchev–Trinajstić information content (AvgIpc) is 2.70. The Kier molecular flexibility index (Phi) is 5.75. The second-order valence-corrected chi connectivity index (χ2v) is 10.8. The van der Waals surface area contributed by atoms with E-state index >= 15 is 0 Å². The fraction of sp³-hybridized carbons (Fsp3) is 0.483. The maximum absolute atomic E-state index is 2.51. The number of rotatable bonds is 3. The van der Waals surface area contributed by atoms with Crippen LogP contribution in [0.3, 0.4) is 0 Å². The van der Waals surface area contributed by atoms with Crippen LogP contribution in [0.25, 0.3) is 22.0 Å². The lowest BCUT2D eigenvalue weighted by Crippen LogP contribution is -2.31. The van der Waals surface area contributed by atoms with Crippen molar-refractivity contribution in [2.45, 2.75) is 79.1 Å². The normalized spacial score (nSPS) is 15.7. The van der Waals surface area contributed by atoms with Crippen LogP contribution < -0.4 is 4.57 Å². The van der Waals surface area contributed by atoms with Gasteiger partial charge < -0.3 is 0 Å². The maximum atomic E-state index is 2.51. The number of aromatic nitrogens is 1. The van der Waals surface area contributed by atoms with Crippen LogP contribution in [-0.2, 0) is 13.5 Å². The number of nitrogens with zero attached hydrogens (tertiary/aromatic N) is 1. The Bertz CT molecular complexity index is 1060. The molecule has 2 aromatic carbocycles. The maximum Gasteiger partial charge on any atom is 0.220 e. The molecule has 1 aromatic heterocycles. The molecule has 1 nitrogen and oxygen atoms in total. The summed E-state index contributed by atoms with van der Waals surface area (Å²) in [6.07, 6.45) is 10.2. The summed E-state index contributed by atoms with van der Waals surface area (Å²) >= 11 is 0. The molecule has 1 fully saturated rings. The molecule has 4 rings (SSSR count). The fourth-order valence-corrected chi connectivity index (χ4v) is 5.28. The first-order valence-corrected chi connectivity index (χ1v) is 11.8. The van der Waals surface area contributed by atoms with E-state index in [1.807, 2.05) is 0 Å². The minimum absolute atomic E-state index is 0.304. The van der Waals surface area contributed by atoms with E-state index in [4.69, 9.17) is 0 Å². The van der Waals surface area contributed by atoms with Crippen molar-refractivity contribution in [3.63, 3.8) is 0 Å². The highest BCUT2D eigenvalue weighted by Crippen LogP contribution is 2.38. The van der Waals surface area contributed by atoms with Crippen LogP contribution >= 0.6 is 0 Å². The topological polar surface area (TPSA) is 3.88 Å². The van der Waals surface area contributed by atoms with Gasteiger partial charge in [0, 0.05) is 6.07 Å². The minimum Gasteiger partial charge on any atom is -0.200 e. The van der Waals surface area contributed by atoms with Crippen LogP contribution in [-0.4, -0.2) is 0 Å². The lowest BCUT2D eigenvalue weighted by atomic mass is 9.81. The molecule has 1 aliphatic carbocycles. The number of hydrogen-bond acceptors (Lipinski definition) is 0. The smallest absolute Gasteiger partial charge is 0.200 e. The lowest BCUT2D eigenvalue weighted by Gasteiger charge is -2.24. The van der Waals surface area contributed by atoms with Crippen LogP contribution in [0, 0.1) is 19.3 Å².